The zero-order chi connectivity index (χ0) is 83.3. The summed E-state index contributed by atoms with van der Waals surface area (Å²) in [4.78, 5) is 126. The fraction of sp³-hybridized carbons (Fsp3) is 0.523. The van der Waals surface area contributed by atoms with Crippen molar-refractivity contribution in [1.29, 1.82) is 0 Å². The molecule has 1 unspecified atom stereocenters. The molecule has 4 aliphatic rings. The summed E-state index contributed by atoms with van der Waals surface area (Å²) in [6.07, 6.45) is 1.13. The van der Waals surface area contributed by atoms with Crippen LogP contribution in [0.2, 0.25) is 0 Å². The van der Waals surface area contributed by atoms with E-state index in [0.29, 0.717) is 210 Å². The van der Waals surface area contributed by atoms with E-state index in [1.54, 1.807) is 36.9 Å². The fourth-order valence-electron chi connectivity index (χ4n) is 14.1. The summed E-state index contributed by atoms with van der Waals surface area (Å²) in [6.45, 7) is 12.4. The average Bonchev–Trinajstić information content (AvgIpc) is 1.51. The Morgan fingerprint density at radius 2 is 1.11 bits per heavy atom. The predicted octanol–water partition coefficient (Wildman–Crippen LogP) is 6.84. The maximum atomic E-state index is 15.5. The number of esters is 1. The van der Waals surface area contributed by atoms with Gasteiger partial charge in [0.2, 0.25) is 23.6 Å². The minimum Gasteiger partial charge on any atom is -0.458 e. The number of halogens is 1. The van der Waals surface area contributed by atoms with Crippen molar-refractivity contribution in [2.45, 2.75) is 135 Å². The van der Waals surface area contributed by atoms with Crippen LogP contribution in [0.15, 0.2) is 95.8 Å². The number of Topliss-reactive ketones (excluding diaryl/α,β-unsaturated/α-hetero) is 3. The number of hydrogen-bond acceptors (Lipinski definition) is 24. The summed E-state index contributed by atoms with van der Waals surface area (Å²) in [7, 11) is 0. The maximum absolute atomic E-state index is 15.5. The molecule has 0 saturated carbocycles. The van der Waals surface area contributed by atoms with Gasteiger partial charge < -0.3 is 92.1 Å². The van der Waals surface area contributed by atoms with Crippen LogP contribution in [0.4, 0.5) is 10.1 Å². The molecule has 636 valence electrons. The molecule has 0 spiro atoms. The largest absolute Gasteiger partial charge is 0.458 e. The van der Waals surface area contributed by atoms with Crippen LogP contribution in [0, 0.1) is 24.6 Å². The van der Waals surface area contributed by atoms with Crippen molar-refractivity contribution >= 4 is 63.5 Å². The number of aromatic nitrogens is 2. The summed E-state index contributed by atoms with van der Waals surface area (Å²) in [6, 6.07) is 25.7. The maximum Gasteiger partial charge on any atom is 0.343 e. The minimum absolute atomic E-state index is 0.00417. The third-order valence-electron chi connectivity index (χ3n) is 20.5. The molecule has 1 aliphatic carbocycles. The van der Waals surface area contributed by atoms with Gasteiger partial charge in [-0.2, -0.15) is 0 Å². The summed E-state index contributed by atoms with van der Waals surface area (Å²) < 4.78 is 88.9. The van der Waals surface area contributed by atoms with Crippen molar-refractivity contribution < 1.29 is 109 Å². The van der Waals surface area contributed by atoms with Gasteiger partial charge in [-0.05, 0) is 91.1 Å². The van der Waals surface area contributed by atoms with Crippen LogP contribution in [0.3, 0.4) is 0 Å². The number of ether oxygens (including phenoxy) is 13. The number of nitrogens with one attached hydrogen (secondary N) is 3. The molecule has 29 nitrogen and oxygen atoms in total. The highest BCUT2D eigenvalue weighted by molar-refractivity contribution is 5.98. The quantitative estimate of drug-likeness (QED) is 0.0172. The van der Waals surface area contributed by atoms with Gasteiger partial charge in [-0.3, -0.25) is 38.4 Å². The number of benzene rings is 4. The third-order valence-corrected chi connectivity index (χ3v) is 20.5. The van der Waals surface area contributed by atoms with E-state index in [1.165, 1.54) is 10.6 Å². The first-order chi connectivity index (χ1) is 57.5. The van der Waals surface area contributed by atoms with Crippen LogP contribution in [0.25, 0.3) is 22.3 Å². The van der Waals surface area contributed by atoms with Gasteiger partial charge in [0.05, 0.1) is 212 Å². The van der Waals surface area contributed by atoms with Gasteiger partial charge in [0.1, 0.15) is 18.2 Å². The van der Waals surface area contributed by atoms with Crippen molar-refractivity contribution in [3.63, 3.8) is 0 Å². The number of carbonyl (C=O) groups is 8. The molecule has 0 radical (unpaired) electrons. The molecule has 0 bridgehead atoms. The highest BCUT2D eigenvalue weighted by atomic mass is 19.1. The van der Waals surface area contributed by atoms with Gasteiger partial charge in [-0.1, -0.05) is 79.4 Å². The molecular formula is C88H109FN6O23. The van der Waals surface area contributed by atoms with Crippen LogP contribution in [0.1, 0.15) is 139 Å². The number of aliphatic hydroxyl groups is 1. The second-order valence-corrected chi connectivity index (χ2v) is 28.7. The van der Waals surface area contributed by atoms with Crippen LogP contribution in [-0.4, -0.2) is 233 Å². The third kappa shape index (κ3) is 27.3. The average molecular weight is 1640 g/mol. The molecule has 118 heavy (non-hydrogen) atoms. The smallest absolute Gasteiger partial charge is 0.343 e. The molecule has 2 aromatic heterocycles. The van der Waals surface area contributed by atoms with Crippen LogP contribution < -0.4 is 26.4 Å². The van der Waals surface area contributed by atoms with Gasteiger partial charge in [0.25, 0.3) is 5.56 Å². The number of aryl methyl sites for hydroxylation is 1. The zero-order valence-electron chi connectivity index (χ0n) is 67.5. The van der Waals surface area contributed by atoms with Crippen molar-refractivity contribution in [3.05, 3.63) is 163 Å². The lowest BCUT2D eigenvalue weighted by Crippen LogP contribution is -2.44. The van der Waals surface area contributed by atoms with Crippen molar-refractivity contribution in [2.75, 3.05) is 170 Å². The molecule has 3 atom stereocenters. The van der Waals surface area contributed by atoms with Gasteiger partial charge in [0, 0.05) is 91.7 Å². The number of pyridine rings is 2. The zero-order valence-corrected chi connectivity index (χ0v) is 67.5. The molecule has 4 aromatic carbocycles. The van der Waals surface area contributed by atoms with Gasteiger partial charge >= 0.3 is 5.97 Å². The second kappa shape index (κ2) is 48.6. The summed E-state index contributed by atoms with van der Waals surface area (Å²) >= 11 is 0. The van der Waals surface area contributed by atoms with Crippen LogP contribution in [0.5, 0.6) is 0 Å². The summed E-state index contributed by atoms with van der Waals surface area (Å²) in [5.41, 5.74) is 5.38. The Morgan fingerprint density at radius 3 is 1.71 bits per heavy atom. The van der Waals surface area contributed by atoms with Gasteiger partial charge in [-0.15, -0.1) is 0 Å². The first-order valence-electron chi connectivity index (χ1n) is 40.7. The molecule has 30 heteroatoms. The fourth-order valence-corrected chi connectivity index (χ4v) is 14.1. The SMILES string of the molecule is CC[C@@]1(O)C(=O)OCc2c1cc1n(c2=O)Cc2c-1nc1cc(F)c(C)c3c1c2C(NC(=O)CCC(=O)[C@@H](Cc1ccccc1)NC(=O)CCC(=O)CNC(=O)CCOCCOCCOCCOCCOCCOCCOCCOCCOCCOCCOCCOCCCC(=O)CCC(=O)N1Cc2ccccc2C#Cc2ccccc21)CC3. The predicted molar refractivity (Wildman–Crippen MR) is 430 cm³/mol. The summed E-state index contributed by atoms with van der Waals surface area (Å²) in [5, 5.41) is 20.5. The number of nitrogens with zero attached hydrogens (tertiary/aromatic N) is 3. The topological polar surface area (TPSA) is 351 Å². The van der Waals surface area contributed by atoms with Crippen molar-refractivity contribution in [3.8, 4) is 23.2 Å². The molecule has 5 heterocycles. The van der Waals surface area contributed by atoms with E-state index in [0.717, 1.165) is 33.5 Å². The van der Waals surface area contributed by atoms with E-state index in [2.05, 4.69) is 27.8 Å². The lowest BCUT2D eigenvalue weighted by molar-refractivity contribution is -0.172. The molecule has 0 saturated heterocycles. The van der Waals surface area contributed by atoms with E-state index >= 15 is 4.39 Å². The van der Waals surface area contributed by atoms with Gasteiger partial charge in [0.15, 0.2) is 17.2 Å². The van der Waals surface area contributed by atoms with E-state index < -0.39 is 64.3 Å². The van der Waals surface area contributed by atoms with E-state index in [1.807, 2.05) is 66.7 Å². The first-order valence-corrected chi connectivity index (χ1v) is 40.7. The molecular weight excluding hydrogens is 1530 g/mol. The number of amides is 4. The Bertz CT molecular complexity index is 4490. The van der Waals surface area contributed by atoms with E-state index in [9.17, 15) is 48.3 Å². The Hall–Kier alpha value is -9.43. The van der Waals surface area contributed by atoms with E-state index in [-0.39, 0.29) is 120 Å². The highest BCUT2D eigenvalue weighted by Crippen LogP contribution is 2.46. The molecule has 0 fully saturated rings. The number of carbonyl (C=O) groups excluding carboxylic acids is 8. The second-order valence-electron chi connectivity index (χ2n) is 28.7. The van der Waals surface area contributed by atoms with Gasteiger partial charge in [-0.25, -0.2) is 14.2 Å². The Labute approximate surface area is 686 Å². The molecule has 4 N–H and O–H groups in total. The number of rotatable bonds is 57. The molecule has 6 aromatic rings. The van der Waals surface area contributed by atoms with Crippen LogP contribution >= 0.6 is 0 Å². The number of cyclic esters (lactones) is 1. The number of anilines is 1. The van der Waals surface area contributed by atoms with Crippen molar-refractivity contribution in [2.24, 2.45) is 0 Å². The molecule has 4 amide bonds. The lowest BCUT2D eigenvalue weighted by Gasteiger charge is -2.31. The number of para-hydroxylation sites is 1. The van der Waals surface area contributed by atoms with Crippen LogP contribution in [-0.2, 0) is 138 Å². The first kappa shape index (κ1) is 90.9. The number of hydrogen-bond donors (Lipinski definition) is 4. The standard InChI is InChI=1S/C88H109FN6O23/c1-3-88(105)71-55-77-85-69(59-95(77)86(103)70(71)60-118-87(88)104)84-73(24-23-68-61(2)72(89)56-75(93-85)83(68)84)91-81(101)27-25-78(98)74(54-62-12-5-4-6-13-62)92-80(100)26-21-67(97)57-90-79(99)29-31-107-33-35-109-37-39-111-41-43-113-45-47-115-49-51-117-53-52-116-50-48-114-46-44-112-42-40-110-38-36-108-34-32-106-30-11-17-66(96)22-28-82(102)94-58-65-16-8-7-14-63(65)19-20-64-15-9-10-18-76(64)94/h4-10,12-16,18,55-56,73-74,105H,3,11,17,21-54,57-60H2,1-2H3,(H,90,99)(H,91,101)(H,92,100)/t73?,74-,88+/m1/s1. The monoisotopic (exact) mass is 1640 g/mol. The number of ketones is 3. The Morgan fingerprint density at radius 1 is 0.576 bits per heavy atom. The minimum atomic E-state index is -2.06. The van der Waals surface area contributed by atoms with E-state index in [4.69, 9.17) is 66.6 Å². The summed E-state index contributed by atoms with van der Waals surface area (Å²) in [5.74, 6) is 2.78. The highest BCUT2D eigenvalue weighted by Gasteiger charge is 2.46. The Kier molecular flexibility index (Phi) is 37.4. The lowest BCUT2D eigenvalue weighted by atomic mass is 9.81. The molecule has 10 rings (SSSR count). The molecule has 3 aliphatic heterocycles. The normalized spacial score (nSPS) is 15.1. The van der Waals surface area contributed by atoms with Crippen molar-refractivity contribution in [1.82, 2.24) is 25.5 Å². The Balaban J connectivity index is 0.464. The number of fused-ring (bicyclic) bond motifs is 7.